The number of halogens is 1. The number of nitrogens with one attached hydrogen (secondary N) is 1. The van der Waals surface area contributed by atoms with Crippen molar-refractivity contribution in [2.45, 2.75) is 6.54 Å². The molecule has 1 N–H and O–H groups in total. The number of aromatic nitrogens is 1. The number of pyridine rings is 1. The molecule has 94 valence electrons. The van der Waals surface area contributed by atoms with Crippen LogP contribution in [-0.4, -0.2) is 18.1 Å². The van der Waals surface area contributed by atoms with Crippen molar-refractivity contribution in [3.63, 3.8) is 0 Å². The lowest BCUT2D eigenvalue weighted by molar-refractivity contribution is 0.0563. The maximum Gasteiger partial charge on any atom is 0.373 e. The van der Waals surface area contributed by atoms with Gasteiger partial charge in [0, 0.05) is 10.7 Å². The number of anilines is 1. The van der Waals surface area contributed by atoms with Gasteiger partial charge in [-0.3, -0.25) is 0 Å². The summed E-state index contributed by atoms with van der Waals surface area (Å²) in [5.74, 6) is 1.08. The van der Waals surface area contributed by atoms with Gasteiger partial charge in [0.15, 0.2) is 0 Å². The van der Waals surface area contributed by atoms with E-state index < -0.39 is 5.97 Å². The molecule has 5 nitrogen and oxygen atoms in total. The first-order valence-electron chi connectivity index (χ1n) is 5.21. The van der Waals surface area contributed by atoms with E-state index >= 15 is 0 Å². The second-order valence-corrected chi connectivity index (χ2v) is 4.39. The van der Waals surface area contributed by atoms with Crippen LogP contribution in [0.25, 0.3) is 0 Å². The van der Waals surface area contributed by atoms with Crippen molar-refractivity contribution >= 4 is 27.7 Å². The van der Waals surface area contributed by atoms with Gasteiger partial charge >= 0.3 is 5.97 Å². The van der Waals surface area contributed by atoms with Crippen LogP contribution in [0.15, 0.2) is 39.4 Å². The lowest BCUT2D eigenvalue weighted by Crippen LogP contribution is -2.01. The number of furan rings is 1. The predicted octanol–water partition coefficient (Wildman–Crippen LogP) is 2.84. The normalized spacial score (nSPS) is 10.1. The summed E-state index contributed by atoms with van der Waals surface area (Å²) in [6, 6.07) is 7.03. The Balaban J connectivity index is 1.96. The fraction of sp³-hybridized carbons (Fsp3) is 0.167. The van der Waals surface area contributed by atoms with E-state index in [2.05, 4.69) is 31.0 Å². The fourth-order valence-corrected chi connectivity index (χ4v) is 1.58. The van der Waals surface area contributed by atoms with E-state index in [1.54, 1.807) is 18.3 Å². The Kier molecular flexibility index (Phi) is 3.99. The quantitative estimate of drug-likeness (QED) is 0.880. The zero-order chi connectivity index (χ0) is 13.0. The molecule has 0 aliphatic carbocycles. The Morgan fingerprint density at radius 1 is 1.44 bits per heavy atom. The third-order valence-electron chi connectivity index (χ3n) is 2.22. The Labute approximate surface area is 112 Å². The maximum absolute atomic E-state index is 11.2. The van der Waals surface area contributed by atoms with Gasteiger partial charge in [-0.05, 0) is 40.2 Å². The third-order valence-corrected chi connectivity index (χ3v) is 2.69. The highest BCUT2D eigenvalue weighted by atomic mass is 79.9. The summed E-state index contributed by atoms with van der Waals surface area (Å²) in [7, 11) is 1.31. The zero-order valence-corrected chi connectivity index (χ0v) is 11.2. The van der Waals surface area contributed by atoms with Crippen molar-refractivity contribution in [2.75, 3.05) is 12.4 Å². The van der Waals surface area contributed by atoms with Gasteiger partial charge in [0.25, 0.3) is 0 Å². The number of carbonyl (C=O) groups excluding carboxylic acids is 1. The average molecular weight is 311 g/mol. The second-order valence-electron chi connectivity index (χ2n) is 3.47. The Bertz CT molecular complexity index is 537. The number of esters is 1. The molecule has 0 aromatic carbocycles. The summed E-state index contributed by atoms with van der Waals surface area (Å²) in [5, 5.41) is 3.08. The molecule has 18 heavy (non-hydrogen) atoms. The molecule has 0 aliphatic heterocycles. The molecule has 0 aliphatic rings. The predicted molar refractivity (Wildman–Crippen MR) is 69.3 cm³/mol. The van der Waals surface area contributed by atoms with E-state index in [1.807, 2.05) is 12.1 Å². The molecule has 0 amide bonds. The molecule has 0 radical (unpaired) electrons. The summed E-state index contributed by atoms with van der Waals surface area (Å²) in [6.45, 7) is 0.450. The second kappa shape index (κ2) is 5.68. The van der Waals surface area contributed by atoms with Crippen LogP contribution < -0.4 is 5.32 Å². The van der Waals surface area contributed by atoms with E-state index in [1.165, 1.54) is 7.11 Å². The molecule has 2 heterocycles. The first-order valence-corrected chi connectivity index (χ1v) is 6.01. The van der Waals surface area contributed by atoms with Gasteiger partial charge in [-0.15, -0.1) is 0 Å². The molecule has 0 fully saturated rings. The van der Waals surface area contributed by atoms with Crippen LogP contribution in [0.5, 0.6) is 0 Å². The number of rotatable bonds is 4. The van der Waals surface area contributed by atoms with Gasteiger partial charge in [0.1, 0.15) is 11.6 Å². The van der Waals surface area contributed by atoms with Crippen LogP contribution in [0.2, 0.25) is 0 Å². The molecular weight excluding hydrogens is 300 g/mol. The number of methoxy groups -OCH3 is 1. The van der Waals surface area contributed by atoms with Crippen molar-refractivity contribution in [2.24, 2.45) is 0 Å². The Hall–Kier alpha value is -1.82. The molecule has 2 aromatic rings. The summed E-state index contributed by atoms with van der Waals surface area (Å²) >= 11 is 3.31. The standard InChI is InChI=1S/C12H11BrN2O3/c1-17-12(16)10-4-3-9(18-10)7-15-11-5-2-8(13)6-14-11/h2-6H,7H2,1H3,(H,14,15). The van der Waals surface area contributed by atoms with Crippen LogP contribution in [0.1, 0.15) is 16.3 Å². The number of ether oxygens (including phenoxy) is 1. The van der Waals surface area contributed by atoms with Gasteiger partial charge in [-0.1, -0.05) is 0 Å². The van der Waals surface area contributed by atoms with Crippen molar-refractivity contribution in [1.29, 1.82) is 0 Å². The Morgan fingerprint density at radius 3 is 2.94 bits per heavy atom. The zero-order valence-electron chi connectivity index (χ0n) is 9.64. The summed E-state index contributed by atoms with van der Waals surface area (Å²) < 4.78 is 10.8. The highest BCUT2D eigenvalue weighted by Gasteiger charge is 2.10. The van der Waals surface area contributed by atoms with Crippen LogP contribution >= 0.6 is 15.9 Å². The van der Waals surface area contributed by atoms with Gasteiger partial charge in [-0.2, -0.15) is 0 Å². The monoisotopic (exact) mass is 310 g/mol. The van der Waals surface area contributed by atoms with Crippen LogP contribution in [-0.2, 0) is 11.3 Å². The number of carbonyl (C=O) groups is 1. The molecule has 0 saturated carbocycles. The van der Waals surface area contributed by atoms with Crippen LogP contribution in [0.4, 0.5) is 5.82 Å². The third kappa shape index (κ3) is 3.10. The summed E-state index contributed by atoms with van der Waals surface area (Å²) in [4.78, 5) is 15.3. The van der Waals surface area contributed by atoms with E-state index in [9.17, 15) is 4.79 Å². The van der Waals surface area contributed by atoms with Gasteiger partial charge < -0.3 is 14.5 Å². The molecular formula is C12H11BrN2O3. The fourth-order valence-electron chi connectivity index (χ4n) is 1.34. The van der Waals surface area contributed by atoms with E-state index in [0.29, 0.717) is 12.3 Å². The first kappa shape index (κ1) is 12.6. The minimum atomic E-state index is -0.483. The summed E-state index contributed by atoms with van der Waals surface area (Å²) in [6.07, 6.45) is 1.70. The van der Waals surface area contributed by atoms with Crippen LogP contribution in [0.3, 0.4) is 0 Å². The number of hydrogen-bond acceptors (Lipinski definition) is 5. The van der Waals surface area contributed by atoms with Gasteiger partial charge in [0.2, 0.25) is 5.76 Å². The van der Waals surface area contributed by atoms with Crippen molar-refractivity contribution in [3.05, 3.63) is 46.5 Å². The molecule has 2 rings (SSSR count). The lowest BCUT2D eigenvalue weighted by atomic mass is 10.4. The smallest absolute Gasteiger partial charge is 0.373 e. The van der Waals surface area contributed by atoms with Crippen molar-refractivity contribution in [1.82, 2.24) is 4.98 Å². The molecule has 0 spiro atoms. The summed E-state index contributed by atoms with van der Waals surface area (Å²) in [5.41, 5.74) is 0. The first-order chi connectivity index (χ1) is 8.69. The van der Waals surface area contributed by atoms with E-state index in [4.69, 9.17) is 4.42 Å². The van der Waals surface area contributed by atoms with E-state index in [-0.39, 0.29) is 5.76 Å². The number of nitrogens with zero attached hydrogens (tertiary/aromatic N) is 1. The van der Waals surface area contributed by atoms with E-state index in [0.717, 1.165) is 10.3 Å². The maximum atomic E-state index is 11.2. The molecule has 0 atom stereocenters. The van der Waals surface area contributed by atoms with Crippen LogP contribution in [0, 0.1) is 0 Å². The largest absolute Gasteiger partial charge is 0.463 e. The molecule has 0 saturated heterocycles. The highest BCUT2D eigenvalue weighted by molar-refractivity contribution is 9.10. The SMILES string of the molecule is COC(=O)c1ccc(CNc2ccc(Br)cn2)o1. The lowest BCUT2D eigenvalue weighted by Gasteiger charge is -2.02. The molecule has 0 unspecified atom stereocenters. The van der Waals surface area contributed by atoms with Gasteiger partial charge in [0.05, 0.1) is 13.7 Å². The highest BCUT2D eigenvalue weighted by Crippen LogP contribution is 2.13. The molecule has 6 heteroatoms. The van der Waals surface area contributed by atoms with Crippen molar-refractivity contribution in [3.8, 4) is 0 Å². The Morgan fingerprint density at radius 2 is 2.28 bits per heavy atom. The molecule has 0 bridgehead atoms. The minimum Gasteiger partial charge on any atom is -0.463 e. The molecule has 2 aromatic heterocycles. The minimum absolute atomic E-state index is 0.193. The number of hydrogen-bond donors (Lipinski definition) is 1. The average Bonchev–Trinajstić information content (AvgIpc) is 2.86. The van der Waals surface area contributed by atoms with Gasteiger partial charge in [-0.25, -0.2) is 9.78 Å². The van der Waals surface area contributed by atoms with Crippen molar-refractivity contribution < 1.29 is 13.9 Å². The topological polar surface area (TPSA) is 64.4 Å².